The van der Waals surface area contributed by atoms with Gasteiger partial charge >= 0.3 is 0 Å². The number of carbonyl (C=O) groups is 1. The van der Waals surface area contributed by atoms with Crippen molar-refractivity contribution in [3.63, 3.8) is 0 Å². The lowest BCUT2D eigenvalue weighted by Crippen LogP contribution is -1.96. The van der Waals surface area contributed by atoms with E-state index in [2.05, 4.69) is 9.47 Å². The highest BCUT2D eigenvalue weighted by atomic mass is 16.5. The summed E-state index contributed by atoms with van der Waals surface area (Å²) in [5.74, 6) is 0.167. The molecule has 0 aromatic heterocycles. The number of methoxy groups -OCH3 is 2. The second-order valence-corrected chi connectivity index (χ2v) is 1.89. The predicted molar refractivity (Wildman–Crippen MR) is 40.1 cm³/mol. The molecule has 0 N–H and O–H groups in total. The van der Waals surface area contributed by atoms with Crippen LogP contribution in [-0.2, 0) is 14.3 Å². The van der Waals surface area contributed by atoms with Crippen LogP contribution in [0, 0.1) is 0 Å². The second kappa shape index (κ2) is 11.4. The molecular formula is C7H16O3. The minimum absolute atomic E-state index is 0.167. The first-order chi connectivity index (χ1) is 4.65. The van der Waals surface area contributed by atoms with Crippen molar-refractivity contribution >= 4 is 5.78 Å². The van der Waals surface area contributed by atoms with E-state index in [4.69, 9.17) is 0 Å². The Balaban J connectivity index is 0. The lowest BCUT2D eigenvalue weighted by molar-refractivity contribution is -0.114. The Morgan fingerprint density at radius 1 is 1.10 bits per heavy atom. The van der Waals surface area contributed by atoms with Gasteiger partial charge in [-0.25, -0.2) is 0 Å². The Bertz CT molecular complexity index is 63.3. The first kappa shape index (κ1) is 12.3. The largest absolute Gasteiger partial charge is 0.382 e. The normalized spacial score (nSPS) is 8.00. The topological polar surface area (TPSA) is 35.5 Å². The zero-order valence-electron chi connectivity index (χ0n) is 7.14. The Hall–Kier alpha value is -0.410. The molecule has 0 aliphatic heterocycles. The van der Waals surface area contributed by atoms with Crippen molar-refractivity contribution in [1.29, 1.82) is 0 Å². The van der Waals surface area contributed by atoms with E-state index < -0.39 is 0 Å². The number of hydrogen-bond donors (Lipinski definition) is 0. The molecule has 0 amide bonds. The van der Waals surface area contributed by atoms with Crippen LogP contribution in [0.15, 0.2) is 0 Å². The number of ether oxygens (including phenoxy) is 2. The van der Waals surface area contributed by atoms with Gasteiger partial charge in [0.15, 0.2) is 0 Å². The van der Waals surface area contributed by atoms with Crippen LogP contribution in [0.25, 0.3) is 0 Å². The maximum Gasteiger partial charge on any atom is 0.126 e. The first-order valence-corrected chi connectivity index (χ1v) is 3.10. The Morgan fingerprint density at radius 3 is 1.40 bits per heavy atom. The monoisotopic (exact) mass is 148 g/mol. The predicted octanol–water partition coefficient (Wildman–Crippen LogP) is 0.875. The summed E-state index contributed by atoms with van der Waals surface area (Å²) in [4.78, 5) is 9.44. The van der Waals surface area contributed by atoms with Crippen LogP contribution >= 0.6 is 0 Å². The minimum atomic E-state index is 0.167. The third kappa shape index (κ3) is 49.1. The van der Waals surface area contributed by atoms with E-state index in [0.29, 0.717) is 13.2 Å². The highest BCUT2D eigenvalue weighted by Crippen LogP contribution is 1.65. The molecule has 0 spiro atoms. The van der Waals surface area contributed by atoms with Gasteiger partial charge in [0.05, 0.1) is 13.2 Å². The number of hydrogen-bond acceptors (Lipinski definition) is 3. The summed E-state index contributed by atoms with van der Waals surface area (Å²) < 4.78 is 9.31. The molecule has 3 heteroatoms. The lowest BCUT2D eigenvalue weighted by Gasteiger charge is -1.91. The summed E-state index contributed by atoms with van der Waals surface area (Å²) in [5.41, 5.74) is 0. The molecule has 62 valence electrons. The van der Waals surface area contributed by atoms with Crippen molar-refractivity contribution in [2.45, 2.75) is 13.8 Å². The van der Waals surface area contributed by atoms with Crippen molar-refractivity contribution < 1.29 is 14.3 Å². The highest BCUT2D eigenvalue weighted by molar-refractivity contribution is 5.72. The van der Waals surface area contributed by atoms with Crippen LogP contribution in [0.3, 0.4) is 0 Å². The third-order valence-electron chi connectivity index (χ3n) is 0.492. The quantitative estimate of drug-likeness (QED) is 0.557. The van der Waals surface area contributed by atoms with Gasteiger partial charge in [0.25, 0.3) is 0 Å². The molecule has 0 aliphatic carbocycles. The average Bonchev–Trinajstić information content (AvgIpc) is 1.82. The number of Topliss-reactive ketones (excluding diaryl/α,β-unsaturated/α-hetero) is 1. The number of rotatable bonds is 3. The molecule has 0 aromatic rings. The van der Waals surface area contributed by atoms with Crippen LogP contribution in [-0.4, -0.2) is 33.2 Å². The molecule has 0 saturated carbocycles. The third-order valence-corrected chi connectivity index (χ3v) is 0.492. The van der Waals surface area contributed by atoms with Crippen molar-refractivity contribution in [1.82, 2.24) is 0 Å². The molecule has 0 unspecified atom stereocenters. The van der Waals surface area contributed by atoms with Crippen molar-refractivity contribution in [2.24, 2.45) is 0 Å². The van der Waals surface area contributed by atoms with E-state index in [-0.39, 0.29) is 5.78 Å². The number of ketones is 1. The zero-order chi connectivity index (χ0) is 8.41. The van der Waals surface area contributed by atoms with Gasteiger partial charge in [-0.05, 0) is 13.8 Å². The van der Waals surface area contributed by atoms with Crippen LogP contribution in [0.5, 0.6) is 0 Å². The first-order valence-electron chi connectivity index (χ1n) is 3.10. The van der Waals surface area contributed by atoms with Gasteiger partial charge in [-0.15, -0.1) is 0 Å². The van der Waals surface area contributed by atoms with Gasteiger partial charge in [-0.3, -0.25) is 0 Å². The van der Waals surface area contributed by atoms with Crippen LogP contribution < -0.4 is 0 Å². The van der Waals surface area contributed by atoms with E-state index in [1.54, 1.807) is 14.2 Å². The molecule has 0 atom stereocenters. The molecule has 3 nitrogen and oxygen atoms in total. The fraction of sp³-hybridized carbons (Fsp3) is 0.857. The maximum absolute atomic E-state index is 9.44. The van der Waals surface area contributed by atoms with E-state index in [1.807, 2.05) is 0 Å². The number of carbonyl (C=O) groups excluding carboxylic acids is 1. The summed E-state index contributed by atoms with van der Waals surface area (Å²) in [7, 11) is 3.30. The van der Waals surface area contributed by atoms with Gasteiger partial charge < -0.3 is 14.3 Å². The van der Waals surface area contributed by atoms with Crippen LogP contribution in [0.4, 0.5) is 0 Å². The SMILES string of the molecule is CC(C)=O.COCCOC. The fourth-order valence-electron chi connectivity index (χ4n) is 0.167. The van der Waals surface area contributed by atoms with Gasteiger partial charge in [0.1, 0.15) is 5.78 Å². The Kier molecular flexibility index (Phi) is 14.0. The zero-order valence-corrected chi connectivity index (χ0v) is 7.14. The molecule has 10 heavy (non-hydrogen) atoms. The van der Waals surface area contributed by atoms with Gasteiger partial charge in [-0.1, -0.05) is 0 Å². The molecule has 0 aromatic carbocycles. The molecule has 0 saturated heterocycles. The molecule has 0 radical (unpaired) electrons. The average molecular weight is 148 g/mol. The summed E-state index contributed by atoms with van der Waals surface area (Å²) >= 11 is 0. The summed E-state index contributed by atoms with van der Waals surface area (Å²) in [6, 6.07) is 0. The van der Waals surface area contributed by atoms with E-state index in [9.17, 15) is 4.79 Å². The smallest absolute Gasteiger partial charge is 0.126 e. The maximum atomic E-state index is 9.44. The molecule has 0 heterocycles. The van der Waals surface area contributed by atoms with Crippen molar-refractivity contribution in [3.05, 3.63) is 0 Å². The van der Waals surface area contributed by atoms with Gasteiger partial charge in [0.2, 0.25) is 0 Å². The molecule has 0 fully saturated rings. The van der Waals surface area contributed by atoms with Crippen LogP contribution in [0.2, 0.25) is 0 Å². The van der Waals surface area contributed by atoms with Crippen molar-refractivity contribution in [2.75, 3.05) is 27.4 Å². The van der Waals surface area contributed by atoms with Gasteiger partial charge in [-0.2, -0.15) is 0 Å². The Morgan fingerprint density at radius 2 is 1.30 bits per heavy atom. The minimum Gasteiger partial charge on any atom is -0.382 e. The lowest BCUT2D eigenvalue weighted by atomic mass is 10.6. The summed E-state index contributed by atoms with van der Waals surface area (Å²) in [6.45, 7) is 4.44. The standard InChI is InChI=1S/C4H10O2.C3H6O/c1-5-3-4-6-2;1-3(2)4/h3-4H2,1-2H3;1-2H3. The van der Waals surface area contributed by atoms with Crippen LogP contribution in [0.1, 0.15) is 13.8 Å². The van der Waals surface area contributed by atoms with E-state index in [1.165, 1.54) is 13.8 Å². The van der Waals surface area contributed by atoms with E-state index >= 15 is 0 Å². The fourth-order valence-corrected chi connectivity index (χ4v) is 0.167. The van der Waals surface area contributed by atoms with E-state index in [0.717, 1.165) is 0 Å². The molecular weight excluding hydrogens is 132 g/mol. The molecule has 0 aliphatic rings. The highest BCUT2D eigenvalue weighted by Gasteiger charge is 1.73. The summed E-state index contributed by atoms with van der Waals surface area (Å²) in [6.07, 6.45) is 0. The van der Waals surface area contributed by atoms with Crippen molar-refractivity contribution in [3.8, 4) is 0 Å². The van der Waals surface area contributed by atoms with Gasteiger partial charge in [0, 0.05) is 14.2 Å². The molecule has 0 rings (SSSR count). The summed E-state index contributed by atoms with van der Waals surface area (Å²) in [5, 5.41) is 0. The second-order valence-electron chi connectivity index (χ2n) is 1.89. The molecule has 0 bridgehead atoms. The Labute approximate surface area is 62.3 Å².